The molecule has 1 aromatic carbocycles. The van der Waals surface area contributed by atoms with Gasteiger partial charge in [0.1, 0.15) is 6.07 Å². The normalized spacial score (nSPS) is 10.1. The number of hydrogen-bond acceptors (Lipinski definition) is 3. The van der Waals surface area contributed by atoms with Crippen molar-refractivity contribution in [3.8, 4) is 6.07 Å². The summed E-state index contributed by atoms with van der Waals surface area (Å²) in [6.45, 7) is 3.51. The molecule has 2 aromatic rings. The van der Waals surface area contributed by atoms with Crippen LogP contribution in [0.1, 0.15) is 11.1 Å². The molecule has 0 aliphatic rings. The maximum Gasteiger partial charge on any atom is 0.101 e. The molecule has 0 spiro atoms. The van der Waals surface area contributed by atoms with Crippen molar-refractivity contribution >= 4 is 21.6 Å². The van der Waals surface area contributed by atoms with Crippen LogP contribution in [0.5, 0.6) is 0 Å². The van der Waals surface area contributed by atoms with E-state index in [1.165, 1.54) is 0 Å². The van der Waals surface area contributed by atoms with Crippen LogP contribution in [0.2, 0.25) is 0 Å². The maximum absolute atomic E-state index is 9.01. The number of hydrogen-bond donors (Lipinski definition) is 1. The molecule has 0 radical (unpaired) electrons. The predicted octanol–water partition coefficient (Wildman–Crippen LogP) is 2.94. The molecule has 0 saturated carbocycles. The molecule has 92 valence electrons. The Morgan fingerprint density at radius 2 is 2.33 bits per heavy atom. The molecule has 2 rings (SSSR count). The predicted molar refractivity (Wildman–Crippen MR) is 74.3 cm³/mol. The van der Waals surface area contributed by atoms with Gasteiger partial charge in [0.05, 0.1) is 24.0 Å². The number of anilines is 1. The fourth-order valence-corrected chi connectivity index (χ4v) is 2.02. The van der Waals surface area contributed by atoms with Gasteiger partial charge in [-0.3, -0.25) is 4.68 Å². The van der Waals surface area contributed by atoms with Crippen molar-refractivity contribution in [1.29, 1.82) is 5.26 Å². The third-order valence-electron chi connectivity index (χ3n) is 2.52. The van der Waals surface area contributed by atoms with Crippen LogP contribution in [-0.2, 0) is 6.54 Å². The van der Waals surface area contributed by atoms with E-state index in [0.29, 0.717) is 5.56 Å². The second-order valence-electron chi connectivity index (χ2n) is 4.01. The number of aromatic nitrogens is 2. The van der Waals surface area contributed by atoms with Crippen molar-refractivity contribution in [2.75, 3.05) is 11.9 Å². The molecule has 1 N–H and O–H groups in total. The van der Waals surface area contributed by atoms with Gasteiger partial charge in [-0.15, -0.1) is 0 Å². The molecule has 0 unspecified atom stereocenters. The van der Waals surface area contributed by atoms with Gasteiger partial charge in [0.2, 0.25) is 0 Å². The molecule has 1 aromatic heterocycles. The number of nitrogens with zero attached hydrogens (tertiary/aromatic N) is 3. The van der Waals surface area contributed by atoms with Crippen LogP contribution in [0.4, 0.5) is 5.69 Å². The summed E-state index contributed by atoms with van der Waals surface area (Å²) in [5.41, 5.74) is 2.64. The summed E-state index contributed by atoms with van der Waals surface area (Å²) in [6.07, 6.45) is 3.83. The summed E-state index contributed by atoms with van der Waals surface area (Å²) >= 11 is 3.40. The van der Waals surface area contributed by atoms with E-state index in [2.05, 4.69) is 32.4 Å². The second kappa shape index (κ2) is 5.69. The largest absolute Gasteiger partial charge is 0.382 e. The third kappa shape index (κ3) is 3.11. The highest BCUT2D eigenvalue weighted by molar-refractivity contribution is 9.10. The Kier molecular flexibility index (Phi) is 4.00. The highest BCUT2D eigenvalue weighted by Gasteiger charge is 2.02. The zero-order valence-electron chi connectivity index (χ0n) is 10.0. The van der Waals surface area contributed by atoms with Gasteiger partial charge in [-0.05, 0) is 30.7 Å². The Bertz CT molecular complexity index is 583. The Morgan fingerprint density at radius 1 is 1.50 bits per heavy atom. The molecule has 18 heavy (non-hydrogen) atoms. The smallest absolute Gasteiger partial charge is 0.101 e. The highest BCUT2D eigenvalue weighted by atomic mass is 79.9. The Hall–Kier alpha value is -1.80. The summed E-state index contributed by atoms with van der Waals surface area (Å²) in [6, 6.07) is 7.74. The molecule has 1 heterocycles. The summed E-state index contributed by atoms with van der Waals surface area (Å²) in [4.78, 5) is 0. The fourth-order valence-electron chi connectivity index (χ4n) is 1.65. The van der Waals surface area contributed by atoms with Crippen LogP contribution in [0, 0.1) is 18.3 Å². The van der Waals surface area contributed by atoms with Gasteiger partial charge < -0.3 is 5.32 Å². The first kappa shape index (κ1) is 12.7. The topological polar surface area (TPSA) is 53.6 Å². The van der Waals surface area contributed by atoms with Gasteiger partial charge in [-0.1, -0.05) is 15.9 Å². The van der Waals surface area contributed by atoms with Crippen LogP contribution >= 0.6 is 15.9 Å². The van der Waals surface area contributed by atoms with E-state index < -0.39 is 0 Å². The van der Waals surface area contributed by atoms with Crippen LogP contribution in [0.15, 0.2) is 35.1 Å². The molecule has 0 saturated heterocycles. The lowest BCUT2D eigenvalue weighted by Crippen LogP contribution is -2.11. The number of aryl methyl sites for hydroxylation is 1. The first-order valence-electron chi connectivity index (χ1n) is 5.61. The lowest BCUT2D eigenvalue weighted by molar-refractivity contribution is 0.637. The number of nitrogens with one attached hydrogen (secondary N) is 1. The van der Waals surface area contributed by atoms with Crippen molar-refractivity contribution in [3.63, 3.8) is 0 Å². The van der Waals surface area contributed by atoms with Crippen molar-refractivity contribution in [2.45, 2.75) is 13.5 Å². The van der Waals surface area contributed by atoms with E-state index in [4.69, 9.17) is 5.26 Å². The molecule has 5 heteroatoms. The van der Waals surface area contributed by atoms with E-state index in [1.54, 1.807) is 6.07 Å². The molecule has 0 aliphatic carbocycles. The minimum atomic E-state index is 0.648. The molecule has 4 nitrogen and oxygen atoms in total. The lowest BCUT2D eigenvalue weighted by atomic mass is 10.2. The van der Waals surface area contributed by atoms with Gasteiger partial charge in [0, 0.05) is 17.2 Å². The number of nitriles is 1. The zero-order chi connectivity index (χ0) is 13.0. The van der Waals surface area contributed by atoms with Gasteiger partial charge in [-0.2, -0.15) is 10.4 Å². The summed E-state index contributed by atoms with van der Waals surface area (Å²) in [5, 5.41) is 16.5. The fraction of sp³-hybridized carbons (Fsp3) is 0.231. The first-order chi connectivity index (χ1) is 8.69. The SMILES string of the molecule is Cc1cnn(CCNc2cc(Br)ccc2C#N)c1. The van der Waals surface area contributed by atoms with Crippen molar-refractivity contribution in [3.05, 3.63) is 46.2 Å². The van der Waals surface area contributed by atoms with E-state index in [1.807, 2.05) is 36.1 Å². The third-order valence-corrected chi connectivity index (χ3v) is 3.01. The van der Waals surface area contributed by atoms with Crippen molar-refractivity contribution in [2.24, 2.45) is 0 Å². The molecule has 0 bridgehead atoms. The average Bonchev–Trinajstić information content (AvgIpc) is 2.75. The highest BCUT2D eigenvalue weighted by Crippen LogP contribution is 2.20. The molecule has 0 aliphatic heterocycles. The van der Waals surface area contributed by atoms with E-state index >= 15 is 0 Å². The minimum absolute atomic E-state index is 0.648. The van der Waals surface area contributed by atoms with Crippen LogP contribution < -0.4 is 5.32 Å². The van der Waals surface area contributed by atoms with Crippen molar-refractivity contribution < 1.29 is 0 Å². The van der Waals surface area contributed by atoms with Crippen LogP contribution in [-0.4, -0.2) is 16.3 Å². The summed E-state index contributed by atoms with van der Waals surface area (Å²) in [5.74, 6) is 0. The standard InChI is InChI=1S/C13H13BrN4/c1-10-8-17-18(9-10)5-4-16-13-6-12(14)3-2-11(13)7-15/h2-3,6,8-9,16H,4-5H2,1H3. The lowest BCUT2D eigenvalue weighted by Gasteiger charge is -2.08. The van der Waals surface area contributed by atoms with E-state index in [0.717, 1.165) is 28.8 Å². The van der Waals surface area contributed by atoms with E-state index in [9.17, 15) is 0 Å². The minimum Gasteiger partial charge on any atom is -0.382 e. The van der Waals surface area contributed by atoms with Gasteiger partial charge in [-0.25, -0.2) is 0 Å². The van der Waals surface area contributed by atoms with Crippen LogP contribution in [0.25, 0.3) is 0 Å². The quantitative estimate of drug-likeness (QED) is 0.945. The van der Waals surface area contributed by atoms with Crippen LogP contribution in [0.3, 0.4) is 0 Å². The Balaban J connectivity index is 1.98. The molecular weight excluding hydrogens is 292 g/mol. The monoisotopic (exact) mass is 304 g/mol. The zero-order valence-corrected chi connectivity index (χ0v) is 11.6. The van der Waals surface area contributed by atoms with Gasteiger partial charge in [0.15, 0.2) is 0 Å². The van der Waals surface area contributed by atoms with Crippen molar-refractivity contribution in [1.82, 2.24) is 9.78 Å². The number of halogens is 1. The first-order valence-corrected chi connectivity index (χ1v) is 6.41. The molecule has 0 amide bonds. The average molecular weight is 305 g/mol. The number of benzene rings is 1. The number of rotatable bonds is 4. The Labute approximate surface area is 114 Å². The second-order valence-corrected chi connectivity index (χ2v) is 4.92. The summed E-state index contributed by atoms with van der Waals surface area (Å²) < 4.78 is 2.84. The molecular formula is C13H13BrN4. The summed E-state index contributed by atoms with van der Waals surface area (Å²) in [7, 11) is 0. The van der Waals surface area contributed by atoms with E-state index in [-0.39, 0.29) is 0 Å². The van der Waals surface area contributed by atoms with Gasteiger partial charge in [0.25, 0.3) is 0 Å². The van der Waals surface area contributed by atoms with Gasteiger partial charge >= 0.3 is 0 Å². The molecule has 0 fully saturated rings. The Morgan fingerprint density at radius 3 is 3.00 bits per heavy atom. The molecule has 0 atom stereocenters. The maximum atomic E-state index is 9.01.